The van der Waals surface area contributed by atoms with Crippen molar-refractivity contribution in [2.24, 2.45) is 0 Å². The molecule has 42 heavy (non-hydrogen) atoms. The number of likely N-dealkylation sites (N-methyl/N-ethyl adjacent to an activating group) is 1. The van der Waals surface area contributed by atoms with Crippen LogP contribution in [0.15, 0.2) is 77.1 Å². The maximum absolute atomic E-state index is 13.3. The van der Waals surface area contributed by atoms with Crippen LogP contribution in [0.25, 0.3) is 0 Å². The lowest BCUT2D eigenvalue weighted by Gasteiger charge is -2.30. The molecule has 0 radical (unpaired) electrons. The first-order chi connectivity index (χ1) is 19.5. The molecule has 0 bridgehead atoms. The van der Waals surface area contributed by atoms with E-state index in [9.17, 15) is 24.5 Å². The zero-order valence-corrected chi connectivity index (χ0v) is 25.5. The number of nitrogens with one attached hydrogen (secondary N) is 1. The van der Waals surface area contributed by atoms with Gasteiger partial charge in [-0.3, -0.25) is 19.8 Å². The van der Waals surface area contributed by atoms with E-state index in [1.54, 1.807) is 26.8 Å². The van der Waals surface area contributed by atoms with Crippen LogP contribution in [0.3, 0.4) is 0 Å². The van der Waals surface area contributed by atoms with Crippen LogP contribution >= 0.6 is 12.4 Å². The summed E-state index contributed by atoms with van der Waals surface area (Å²) in [5, 5.41) is 14.4. The standard InChI is InChI=1S/C26H29N3O6.C4H8O2.ClH/c1-17-22(25(30)34-4)24(20-11-8-12-21(15-20)29(32)33)23(18(2)27-17)26(31)35-14-13-28(3)16-19-9-6-5-7-10-19;1-3-6-4(2)5;/h5-12,15,24,27H,13-14,16H2,1-4H3;3H2,1-2H3;1H. The third kappa shape index (κ3) is 10.3. The number of allylic oxidation sites excluding steroid dienone is 2. The number of non-ortho nitro benzene ring substituents is 1. The van der Waals surface area contributed by atoms with E-state index in [4.69, 9.17) is 9.47 Å². The van der Waals surface area contributed by atoms with Crippen LogP contribution in [0.4, 0.5) is 5.69 Å². The molecule has 3 rings (SSSR count). The Balaban J connectivity index is 0.00000114. The van der Waals surface area contributed by atoms with Crippen LogP contribution < -0.4 is 5.32 Å². The van der Waals surface area contributed by atoms with Crippen molar-refractivity contribution in [1.29, 1.82) is 0 Å². The van der Waals surface area contributed by atoms with Gasteiger partial charge in [0.05, 0.1) is 35.7 Å². The fourth-order valence-corrected chi connectivity index (χ4v) is 4.35. The number of hydrogen-bond donors (Lipinski definition) is 1. The van der Waals surface area contributed by atoms with Gasteiger partial charge in [0.25, 0.3) is 5.69 Å². The van der Waals surface area contributed by atoms with Gasteiger partial charge in [0.1, 0.15) is 6.61 Å². The Morgan fingerprint density at radius 2 is 1.60 bits per heavy atom. The molecule has 0 saturated carbocycles. The summed E-state index contributed by atoms with van der Waals surface area (Å²) in [4.78, 5) is 48.7. The molecule has 1 N–H and O–H groups in total. The van der Waals surface area contributed by atoms with Crippen molar-refractivity contribution in [3.63, 3.8) is 0 Å². The molecule has 2 aromatic carbocycles. The number of nitro groups is 1. The average molecular weight is 604 g/mol. The molecule has 1 aliphatic heterocycles. The van der Waals surface area contributed by atoms with Crippen LogP contribution in [0, 0.1) is 10.1 Å². The molecule has 0 saturated heterocycles. The summed E-state index contributed by atoms with van der Waals surface area (Å²) in [5.41, 5.74) is 2.85. The lowest BCUT2D eigenvalue weighted by atomic mass is 9.80. The van der Waals surface area contributed by atoms with Gasteiger partial charge in [-0.15, -0.1) is 12.4 Å². The molecule has 0 aliphatic carbocycles. The number of rotatable bonds is 10. The third-order valence-electron chi connectivity index (χ3n) is 6.15. The molecule has 1 aliphatic rings. The number of benzene rings is 2. The molecule has 1 unspecified atom stereocenters. The fraction of sp³-hybridized carbons (Fsp3) is 0.367. The Morgan fingerprint density at radius 1 is 0.976 bits per heavy atom. The topological polar surface area (TPSA) is 137 Å². The number of hydrogen-bond acceptors (Lipinski definition) is 10. The second-order valence-corrected chi connectivity index (χ2v) is 9.26. The van der Waals surface area contributed by atoms with E-state index in [2.05, 4.69) is 10.1 Å². The number of halogens is 1. The highest BCUT2D eigenvalue weighted by Crippen LogP contribution is 2.40. The zero-order chi connectivity index (χ0) is 30.5. The molecular weight excluding hydrogens is 566 g/mol. The number of carbonyl (C=O) groups is 3. The summed E-state index contributed by atoms with van der Waals surface area (Å²) < 4.78 is 15.0. The van der Waals surface area contributed by atoms with Gasteiger partial charge in [-0.25, -0.2) is 9.59 Å². The van der Waals surface area contributed by atoms with Gasteiger partial charge in [0, 0.05) is 43.5 Å². The van der Waals surface area contributed by atoms with Gasteiger partial charge in [0.2, 0.25) is 0 Å². The van der Waals surface area contributed by atoms with Crippen molar-refractivity contribution in [3.8, 4) is 0 Å². The van der Waals surface area contributed by atoms with Crippen molar-refractivity contribution in [1.82, 2.24) is 10.2 Å². The van der Waals surface area contributed by atoms with Crippen molar-refractivity contribution in [2.75, 3.05) is 33.9 Å². The Kier molecular flexibility index (Phi) is 15.0. The summed E-state index contributed by atoms with van der Waals surface area (Å²) in [6.07, 6.45) is 0. The molecular formula is C30H38ClN3O8. The quantitative estimate of drug-likeness (QED) is 0.176. The van der Waals surface area contributed by atoms with Gasteiger partial charge in [-0.1, -0.05) is 42.5 Å². The summed E-state index contributed by atoms with van der Waals surface area (Å²) in [5.74, 6) is -2.32. The van der Waals surface area contributed by atoms with Crippen molar-refractivity contribution >= 4 is 36.0 Å². The zero-order valence-electron chi connectivity index (χ0n) is 24.7. The number of methoxy groups -OCH3 is 1. The Morgan fingerprint density at radius 3 is 2.12 bits per heavy atom. The molecule has 1 heterocycles. The number of dihydropyridines is 1. The first kappa shape index (κ1) is 35.8. The molecule has 12 heteroatoms. The number of carbonyl (C=O) groups excluding carboxylic acids is 3. The number of ether oxygens (including phenoxy) is 3. The van der Waals surface area contributed by atoms with E-state index in [1.165, 1.54) is 32.2 Å². The smallest absolute Gasteiger partial charge is 0.336 e. The van der Waals surface area contributed by atoms with Crippen molar-refractivity contribution in [3.05, 3.63) is 98.4 Å². The summed E-state index contributed by atoms with van der Waals surface area (Å²) >= 11 is 0. The Labute approximate surface area is 252 Å². The average Bonchev–Trinajstić information content (AvgIpc) is 2.93. The first-order valence-electron chi connectivity index (χ1n) is 13.0. The van der Waals surface area contributed by atoms with E-state index in [0.717, 1.165) is 5.56 Å². The van der Waals surface area contributed by atoms with Gasteiger partial charge in [-0.05, 0) is 38.9 Å². The minimum absolute atomic E-state index is 0. The number of nitro benzene ring substituents is 1. The fourth-order valence-electron chi connectivity index (χ4n) is 4.35. The van der Waals surface area contributed by atoms with E-state index in [0.29, 0.717) is 36.7 Å². The first-order valence-corrected chi connectivity index (χ1v) is 13.0. The van der Waals surface area contributed by atoms with Gasteiger partial charge >= 0.3 is 17.9 Å². The maximum atomic E-state index is 13.3. The minimum Gasteiger partial charge on any atom is -0.466 e. The molecule has 11 nitrogen and oxygen atoms in total. The Hall–Kier alpha value is -4.22. The predicted octanol–water partition coefficient (Wildman–Crippen LogP) is 4.67. The minimum atomic E-state index is -0.877. The molecule has 2 aromatic rings. The molecule has 0 aromatic heterocycles. The number of nitrogens with zero attached hydrogens (tertiary/aromatic N) is 2. The SMILES string of the molecule is CCOC(C)=O.COC(=O)C1=C(C)NC(C)=C(C(=O)OCCN(C)Cc2ccccc2)C1c1cccc([N+](=O)[O-])c1.Cl. The van der Waals surface area contributed by atoms with Gasteiger partial charge in [0.15, 0.2) is 0 Å². The largest absolute Gasteiger partial charge is 0.466 e. The second kappa shape index (κ2) is 17.6. The van der Waals surface area contributed by atoms with Crippen molar-refractivity contribution in [2.45, 2.75) is 40.2 Å². The van der Waals surface area contributed by atoms with Crippen LogP contribution in [-0.2, 0) is 35.1 Å². The lowest BCUT2D eigenvalue weighted by molar-refractivity contribution is -0.384. The highest BCUT2D eigenvalue weighted by Gasteiger charge is 2.38. The van der Waals surface area contributed by atoms with Crippen LogP contribution in [0.5, 0.6) is 0 Å². The van der Waals surface area contributed by atoms with E-state index in [1.807, 2.05) is 42.3 Å². The normalized spacial score (nSPS) is 14.1. The van der Waals surface area contributed by atoms with Gasteiger partial charge in [-0.2, -0.15) is 0 Å². The molecule has 1 atom stereocenters. The monoisotopic (exact) mass is 603 g/mol. The van der Waals surface area contributed by atoms with Crippen molar-refractivity contribution < 1.29 is 33.5 Å². The highest BCUT2D eigenvalue weighted by atomic mass is 35.5. The molecule has 0 amide bonds. The predicted molar refractivity (Wildman–Crippen MR) is 160 cm³/mol. The highest BCUT2D eigenvalue weighted by molar-refractivity contribution is 5.99. The Bertz CT molecular complexity index is 1310. The maximum Gasteiger partial charge on any atom is 0.336 e. The molecule has 0 spiro atoms. The van der Waals surface area contributed by atoms with Gasteiger partial charge < -0.3 is 19.5 Å². The van der Waals surface area contributed by atoms with E-state index >= 15 is 0 Å². The summed E-state index contributed by atoms with van der Waals surface area (Å²) in [7, 11) is 3.18. The molecule has 0 fully saturated rings. The second-order valence-electron chi connectivity index (χ2n) is 9.26. The van der Waals surface area contributed by atoms with E-state index in [-0.39, 0.29) is 41.8 Å². The summed E-state index contributed by atoms with van der Waals surface area (Å²) in [6.45, 7) is 8.39. The van der Waals surface area contributed by atoms with Crippen LogP contribution in [0.1, 0.15) is 44.7 Å². The van der Waals surface area contributed by atoms with Crippen LogP contribution in [0.2, 0.25) is 0 Å². The van der Waals surface area contributed by atoms with E-state index < -0.39 is 22.8 Å². The third-order valence-corrected chi connectivity index (χ3v) is 6.15. The summed E-state index contributed by atoms with van der Waals surface area (Å²) in [6, 6.07) is 15.8. The lowest BCUT2D eigenvalue weighted by Crippen LogP contribution is -2.33. The van der Waals surface area contributed by atoms with Crippen LogP contribution in [-0.4, -0.2) is 61.6 Å². The molecule has 228 valence electrons. The number of esters is 3.